The molecular weight excluding hydrogens is 492 g/mol. The molecule has 3 aromatic carbocycles. The first-order chi connectivity index (χ1) is 19.0. The molecule has 1 atom stereocenters. The first-order valence-electron chi connectivity index (χ1n) is 13.5. The Morgan fingerprint density at radius 2 is 1.56 bits per heavy atom. The fourth-order valence-electron chi connectivity index (χ4n) is 4.59. The summed E-state index contributed by atoms with van der Waals surface area (Å²) in [6, 6.07) is 23.3. The minimum Gasteiger partial charge on any atom is -0.495 e. The molecule has 1 fully saturated rings. The van der Waals surface area contributed by atoms with Crippen LogP contribution in [0.1, 0.15) is 36.2 Å². The lowest BCUT2D eigenvalue weighted by atomic mass is 10.1. The summed E-state index contributed by atoms with van der Waals surface area (Å²) in [5.74, 6) is 0.438. The van der Waals surface area contributed by atoms with Crippen molar-refractivity contribution in [2.75, 3.05) is 55.0 Å². The molecule has 1 aliphatic rings. The van der Waals surface area contributed by atoms with Crippen LogP contribution in [0, 0.1) is 0 Å². The van der Waals surface area contributed by atoms with E-state index in [0.717, 1.165) is 55.3 Å². The molecule has 8 nitrogen and oxygen atoms in total. The van der Waals surface area contributed by atoms with Gasteiger partial charge in [0.25, 0.3) is 5.91 Å². The maximum absolute atomic E-state index is 13.3. The molecule has 1 saturated heterocycles. The second-order valence-electron chi connectivity index (χ2n) is 9.69. The molecule has 0 aromatic heterocycles. The van der Waals surface area contributed by atoms with Crippen molar-refractivity contribution in [3.05, 3.63) is 83.9 Å². The van der Waals surface area contributed by atoms with Gasteiger partial charge in [-0.25, -0.2) is 0 Å². The van der Waals surface area contributed by atoms with Crippen molar-refractivity contribution < 1.29 is 19.1 Å². The second-order valence-corrected chi connectivity index (χ2v) is 9.69. The monoisotopic (exact) mass is 530 g/mol. The van der Waals surface area contributed by atoms with E-state index in [1.165, 1.54) is 0 Å². The van der Waals surface area contributed by atoms with Crippen molar-refractivity contribution in [2.24, 2.45) is 0 Å². The average molecular weight is 531 g/mol. The normalized spacial score (nSPS) is 14.0. The third-order valence-corrected chi connectivity index (χ3v) is 6.91. The van der Waals surface area contributed by atoms with Gasteiger partial charge in [0.1, 0.15) is 12.4 Å². The number of methoxy groups -OCH3 is 1. The Kier molecular flexibility index (Phi) is 9.80. The number of anilines is 3. The minimum atomic E-state index is -0.266. The van der Waals surface area contributed by atoms with Crippen molar-refractivity contribution in [3.63, 3.8) is 0 Å². The molecule has 3 aromatic rings. The van der Waals surface area contributed by atoms with E-state index in [4.69, 9.17) is 9.47 Å². The highest BCUT2D eigenvalue weighted by atomic mass is 16.5. The summed E-state index contributed by atoms with van der Waals surface area (Å²) in [4.78, 5) is 30.4. The molecule has 8 heteroatoms. The zero-order valence-corrected chi connectivity index (χ0v) is 23.0. The second kappa shape index (κ2) is 13.7. The van der Waals surface area contributed by atoms with E-state index in [0.29, 0.717) is 17.9 Å². The Labute approximate surface area is 230 Å². The zero-order valence-electron chi connectivity index (χ0n) is 23.0. The Hall–Kier alpha value is -4.04. The van der Waals surface area contributed by atoms with Crippen LogP contribution in [0.2, 0.25) is 0 Å². The number of para-hydroxylation sites is 2. The van der Waals surface area contributed by atoms with Gasteiger partial charge in [-0.1, -0.05) is 49.4 Å². The fraction of sp³-hybridized carbons (Fsp3) is 0.355. The molecule has 1 aliphatic heterocycles. The van der Waals surface area contributed by atoms with E-state index in [1.807, 2.05) is 74.5 Å². The van der Waals surface area contributed by atoms with Crippen LogP contribution in [0.25, 0.3) is 0 Å². The van der Waals surface area contributed by atoms with Crippen molar-refractivity contribution in [1.29, 1.82) is 0 Å². The van der Waals surface area contributed by atoms with E-state index in [1.54, 1.807) is 13.2 Å². The number of piperazine rings is 1. The summed E-state index contributed by atoms with van der Waals surface area (Å²) < 4.78 is 11.1. The number of carbonyl (C=O) groups excluding carboxylic acids is 2. The first kappa shape index (κ1) is 28.0. The SMILES string of the molecule is CCC(C)NC(=O)c1cc(NC(=O)COCc2ccccc2)ccc1N1CCN(c2ccccc2OC)CC1. The lowest BCUT2D eigenvalue weighted by Gasteiger charge is -2.38. The number of nitrogens with zero attached hydrogens (tertiary/aromatic N) is 2. The zero-order chi connectivity index (χ0) is 27.6. The summed E-state index contributed by atoms with van der Waals surface area (Å²) in [5, 5.41) is 5.96. The van der Waals surface area contributed by atoms with Crippen molar-refractivity contribution in [2.45, 2.75) is 32.9 Å². The largest absolute Gasteiger partial charge is 0.495 e. The number of benzene rings is 3. The van der Waals surface area contributed by atoms with Crippen LogP contribution in [-0.2, 0) is 16.1 Å². The van der Waals surface area contributed by atoms with Crippen molar-refractivity contribution in [1.82, 2.24) is 5.32 Å². The van der Waals surface area contributed by atoms with Crippen LogP contribution in [-0.4, -0.2) is 57.8 Å². The molecule has 0 saturated carbocycles. The number of hydrogen-bond acceptors (Lipinski definition) is 6. The van der Waals surface area contributed by atoms with Gasteiger partial charge in [-0.2, -0.15) is 0 Å². The quantitative estimate of drug-likeness (QED) is 0.374. The molecular formula is C31H38N4O4. The molecule has 39 heavy (non-hydrogen) atoms. The molecule has 1 heterocycles. The van der Waals surface area contributed by atoms with Crippen LogP contribution in [0.15, 0.2) is 72.8 Å². The average Bonchev–Trinajstić information content (AvgIpc) is 2.97. The van der Waals surface area contributed by atoms with Gasteiger partial charge < -0.3 is 29.9 Å². The molecule has 4 rings (SSSR count). The number of nitrogens with one attached hydrogen (secondary N) is 2. The lowest BCUT2D eigenvalue weighted by molar-refractivity contribution is -0.121. The van der Waals surface area contributed by atoms with Gasteiger partial charge in [0, 0.05) is 43.6 Å². The highest BCUT2D eigenvalue weighted by Gasteiger charge is 2.24. The van der Waals surface area contributed by atoms with E-state index < -0.39 is 0 Å². The molecule has 0 bridgehead atoms. The van der Waals surface area contributed by atoms with Gasteiger partial charge in [0.05, 0.1) is 25.0 Å². The van der Waals surface area contributed by atoms with Crippen LogP contribution in [0.5, 0.6) is 5.75 Å². The molecule has 1 unspecified atom stereocenters. The molecule has 206 valence electrons. The van der Waals surface area contributed by atoms with Gasteiger partial charge in [-0.15, -0.1) is 0 Å². The Morgan fingerprint density at radius 1 is 0.897 bits per heavy atom. The van der Waals surface area contributed by atoms with E-state index in [9.17, 15) is 9.59 Å². The Morgan fingerprint density at radius 3 is 2.26 bits per heavy atom. The third-order valence-electron chi connectivity index (χ3n) is 6.91. The number of amides is 2. The molecule has 0 radical (unpaired) electrons. The van der Waals surface area contributed by atoms with E-state index in [2.05, 4.69) is 26.5 Å². The van der Waals surface area contributed by atoms with Gasteiger partial charge in [0.15, 0.2) is 0 Å². The topological polar surface area (TPSA) is 83.1 Å². The van der Waals surface area contributed by atoms with Crippen molar-refractivity contribution in [3.8, 4) is 5.75 Å². The first-order valence-corrected chi connectivity index (χ1v) is 13.5. The predicted molar refractivity (Wildman–Crippen MR) is 156 cm³/mol. The summed E-state index contributed by atoms with van der Waals surface area (Å²) in [5.41, 5.74) is 4.04. The van der Waals surface area contributed by atoms with E-state index in [-0.39, 0.29) is 24.5 Å². The fourth-order valence-corrected chi connectivity index (χ4v) is 4.59. The van der Waals surface area contributed by atoms with Crippen molar-refractivity contribution >= 4 is 28.9 Å². The summed E-state index contributed by atoms with van der Waals surface area (Å²) >= 11 is 0. The van der Waals surface area contributed by atoms with Crippen LogP contribution >= 0.6 is 0 Å². The Balaban J connectivity index is 1.45. The highest BCUT2D eigenvalue weighted by Crippen LogP contribution is 2.31. The number of hydrogen-bond donors (Lipinski definition) is 2. The van der Waals surface area contributed by atoms with Gasteiger partial charge in [-0.05, 0) is 49.2 Å². The highest BCUT2D eigenvalue weighted by molar-refractivity contribution is 6.02. The standard InChI is InChI=1S/C31H38N4O4/c1-4-23(2)32-31(37)26-20-25(33-30(36)22-39-21-24-10-6-5-7-11-24)14-15-27(26)34-16-18-35(19-17-34)28-12-8-9-13-29(28)38-3/h5-15,20,23H,4,16-19,21-22H2,1-3H3,(H,32,37)(H,33,36). The number of rotatable bonds is 11. The van der Waals surface area contributed by atoms with Gasteiger partial charge in [0.2, 0.25) is 5.91 Å². The van der Waals surface area contributed by atoms with Crippen LogP contribution in [0.4, 0.5) is 17.1 Å². The Bertz CT molecular complexity index is 1240. The minimum absolute atomic E-state index is 0.0392. The van der Waals surface area contributed by atoms with Gasteiger partial charge in [-0.3, -0.25) is 9.59 Å². The third kappa shape index (κ3) is 7.51. The smallest absolute Gasteiger partial charge is 0.253 e. The molecule has 2 amide bonds. The van der Waals surface area contributed by atoms with E-state index >= 15 is 0 Å². The predicted octanol–water partition coefficient (Wildman–Crippen LogP) is 4.71. The molecule has 2 N–H and O–H groups in total. The maximum Gasteiger partial charge on any atom is 0.253 e. The molecule has 0 aliphatic carbocycles. The number of ether oxygens (including phenoxy) is 2. The summed E-state index contributed by atoms with van der Waals surface area (Å²) in [6.07, 6.45) is 0.827. The molecule has 0 spiro atoms. The van der Waals surface area contributed by atoms with Crippen LogP contribution < -0.4 is 25.2 Å². The summed E-state index contributed by atoms with van der Waals surface area (Å²) in [6.45, 7) is 7.40. The summed E-state index contributed by atoms with van der Waals surface area (Å²) in [7, 11) is 1.69. The van der Waals surface area contributed by atoms with Crippen LogP contribution in [0.3, 0.4) is 0 Å². The maximum atomic E-state index is 13.3. The van der Waals surface area contributed by atoms with Gasteiger partial charge >= 0.3 is 0 Å². The number of carbonyl (C=O) groups is 2. The lowest BCUT2D eigenvalue weighted by Crippen LogP contribution is -2.47.